The number of pyridine rings is 1. The van der Waals surface area contributed by atoms with E-state index in [0.29, 0.717) is 17.7 Å². The first kappa shape index (κ1) is 12.8. The van der Waals surface area contributed by atoms with Gasteiger partial charge in [0.15, 0.2) is 0 Å². The van der Waals surface area contributed by atoms with E-state index >= 15 is 0 Å². The van der Waals surface area contributed by atoms with Crippen LogP contribution in [0.2, 0.25) is 0 Å². The Morgan fingerprint density at radius 1 is 1.25 bits per heavy atom. The topological polar surface area (TPSA) is 77.0 Å². The second-order valence-corrected chi connectivity index (χ2v) is 5.29. The van der Waals surface area contributed by atoms with Gasteiger partial charge in [-0.3, -0.25) is 0 Å². The molecule has 0 amide bonds. The second kappa shape index (κ2) is 4.70. The third-order valence-electron chi connectivity index (χ3n) is 2.84. The Kier molecular flexibility index (Phi) is 3.75. The van der Waals surface area contributed by atoms with E-state index in [4.69, 9.17) is 11.5 Å². The number of hydrogen-bond acceptors (Lipinski definition) is 4. The van der Waals surface area contributed by atoms with Crippen LogP contribution in [0.5, 0.6) is 0 Å². The summed E-state index contributed by atoms with van der Waals surface area (Å²) in [6.07, 6.45) is 0. The molecule has 0 spiro atoms. The van der Waals surface area contributed by atoms with Gasteiger partial charge in [-0.05, 0) is 30.0 Å². The van der Waals surface area contributed by atoms with E-state index in [2.05, 4.69) is 38.0 Å². The smallest absolute Gasteiger partial charge is 0.126 e. The largest absolute Gasteiger partial charge is 0.384 e. The minimum Gasteiger partial charge on any atom is -0.384 e. The molecule has 0 radical (unpaired) electrons. The standard InChI is InChI=1S/C12H22N4/c1-8(12(2,3)4)15-7-9-5-10(13)16-11(14)6-9/h5-6,8,15H,7H2,1-4H3,(H4,13,14,16)/t8-/m0/s1. The Bertz CT molecular complexity index is 334. The number of nitrogens with two attached hydrogens (primary N) is 2. The average molecular weight is 222 g/mol. The molecule has 4 heteroatoms. The molecule has 0 saturated heterocycles. The molecule has 1 aromatic rings. The lowest BCUT2D eigenvalue weighted by Gasteiger charge is -2.28. The molecule has 0 fully saturated rings. The Morgan fingerprint density at radius 3 is 2.19 bits per heavy atom. The minimum atomic E-state index is 0.240. The van der Waals surface area contributed by atoms with Crippen molar-refractivity contribution in [1.82, 2.24) is 10.3 Å². The fraction of sp³-hybridized carbons (Fsp3) is 0.583. The highest BCUT2D eigenvalue weighted by Crippen LogP contribution is 2.19. The van der Waals surface area contributed by atoms with E-state index < -0.39 is 0 Å². The molecule has 0 bridgehead atoms. The Labute approximate surface area is 97.4 Å². The quantitative estimate of drug-likeness (QED) is 0.728. The van der Waals surface area contributed by atoms with Crippen LogP contribution in [0.25, 0.3) is 0 Å². The molecule has 90 valence electrons. The van der Waals surface area contributed by atoms with Gasteiger partial charge in [0.1, 0.15) is 11.6 Å². The van der Waals surface area contributed by atoms with E-state index in [1.165, 1.54) is 0 Å². The maximum Gasteiger partial charge on any atom is 0.126 e. The van der Waals surface area contributed by atoms with E-state index in [-0.39, 0.29) is 5.41 Å². The summed E-state index contributed by atoms with van der Waals surface area (Å²) in [4.78, 5) is 3.94. The maximum absolute atomic E-state index is 5.63. The summed E-state index contributed by atoms with van der Waals surface area (Å²) in [5.41, 5.74) is 12.6. The van der Waals surface area contributed by atoms with E-state index in [1.54, 1.807) is 0 Å². The lowest BCUT2D eigenvalue weighted by atomic mass is 9.88. The van der Waals surface area contributed by atoms with Crippen LogP contribution in [0.3, 0.4) is 0 Å². The SMILES string of the molecule is C[C@H](NCc1cc(N)nc(N)c1)C(C)(C)C. The van der Waals surface area contributed by atoms with Crippen LogP contribution < -0.4 is 16.8 Å². The maximum atomic E-state index is 5.63. The van der Waals surface area contributed by atoms with Gasteiger partial charge in [0.25, 0.3) is 0 Å². The third kappa shape index (κ3) is 3.70. The summed E-state index contributed by atoms with van der Waals surface area (Å²) in [5, 5.41) is 3.45. The van der Waals surface area contributed by atoms with E-state index in [1.807, 2.05) is 12.1 Å². The van der Waals surface area contributed by atoms with Gasteiger partial charge in [-0.2, -0.15) is 0 Å². The zero-order chi connectivity index (χ0) is 12.3. The van der Waals surface area contributed by atoms with Crippen LogP contribution in [0.15, 0.2) is 12.1 Å². The summed E-state index contributed by atoms with van der Waals surface area (Å²) in [6.45, 7) is 9.56. The molecule has 1 aromatic heterocycles. The highest BCUT2D eigenvalue weighted by molar-refractivity contribution is 5.43. The van der Waals surface area contributed by atoms with Crippen molar-refractivity contribution in [2.24, 2.45) is 5.41 Å². The predicted molar refractivity (Wildman–Crippen MR) is 68.8 cm³/mol. The van der Waals surface area contributed by atoms with Gasteiger partial charge in [-0.1, -0.05) is 20.8 Å². The lowest BCUT2D eigenvalue weighted by Crippen LogP contribution is -2.37. The highest BCUT2D eigenvalue weighted by Gasteiger charge is 2.18. The molecule has 0 unspecified atom stereocenters. The molecule has 0 saturated carbocycles. The molecular weight excluding hydrogens is 200 g/mol. The van der Waals surface area contributed by atoms with Crippen LogP contribution in [0, 0.1) is 5.41 Å². The van der Waals surface area contributed by atoms with Crippen molar-refractivity contribution in [3.8, 4) is 0 Å². The van der Waals surface area contributed by atoms with E-state index in [0.717, 1.165) is 12.1 Å². The first-order chi connectivity index (χ1) is 7.29. The summed E-state index contributed by atoms with van der Waals surface area (Å²) >= 11 is 0. The highest BCUT2D eigenvalue weighted by atomic mass is 14.9. The molecule has 0 aromatic carbocycles. The molecule has 0 aliphatic heterocycles. The summed E-state index contributed by atoms with van der Waals surface area (Å²) < 4.78 is 0. The van der Waals surface area contributed by atoms with Crippen molar-refractivity contribution in [1.29, 1.82) is 0 Å². The first-order valence-electron chi connectivity index (χ1n) is 5.54. The van der Waals surface area contributed by atoms with Gasteiger partial charge < -0.3 is 16.8 Å². The molecule has 1 atom stereocenters. The number of anilines is 2. The Hall–Kier alpha value is -1.29. The summed E-state index contributed by atoms with van der Waals surface area (Å²) in [6, 6.07) is 4.11. The molecule has 0 aliphatic carbocycles. The van der Waals surface area contributed by atoms with Crippen LogP contribution >= 0.6 is 0 Å². The van der Waals surface area contributed by atoms with Gasteiger partial charge >= 0.3 is 0 Å². The van der Waals surface area contributed by atoms with Gasteiger partial charge in [-0.15, -0.1) is 0 Å². The fourth-order valence-corrected chi connectivity index (χ4v) is 1.31. The normalized spacial score (nSPS) is 13.8. The van der Waals surface area contributed by atoms with Crippen molar-refractivity contribution >= 4 is 11.6 Å². The van der Waals surface area contributed by atoms with Crippen molar-refractivity contribution < 1.29 is 0 Å². The van der Waals surface area contributed by atoms with Crippen LogP contribution in [0.1, 0.15) is 33.3 Å². The van der Waals surface area contributed by atoms with E-state index in [9.17, 15) is 0 Å². The molecular formula is C12H22N4. The molecule has 4 nitrogen and oxygen atoms in total. The average Bonchev–Trinajstić information content (AvgIpc) is 2.11. The number of nitrogen functional groups attached to an aromatic ring is 2. The second-order valence-electron chi connectivity index (χ2n) is 5.29. The molecule has 5 N–H and O–H groups in total. The fourth-order valence-electron chi connectivity index (χ4n) is 1.31. The molecule has 0 aliphatic rings. The zero-order valence-corrected chi connectivity index (χ0v) is 10.5. The summed E-state index contributed by atoms with van der Waals surface area (Å²) in [5.74, 6) is 0.945. The van der Waals surface area contributed by atoms with Crippen molar-refractivity contribution in [2.75, 3.05) is 11.5 Å². The van der Waals surface area contributed by atoms with Crippen LogP contribution in [-0.2, 0) is 6.54 Å². The Balaban J connectivity index is 2.61. The van der Waals surface area contributed by atoms with Gasteiger partial charge in [0.05, 0.1) is 0 Å². The lowest BCUT2D eigenvalue weighted by molar-refractivity contribution is 0.285. The third-order valence-corrected chi connectivity index (χ3v) is 2.84. The minimum absolute atomic E-state index is 0.240. The van der Waals surface area contributed by atoms with Crippen molar-refractivity contribution in [3.05, 3.63) is 17.7 Å². The molecule has 16 heavy (non-hydrogen) atoms. The number of aromatic nitrogens is 1. The first-order valence-corrected chi connectivity index (χ1v) is 5.54. The van der Waals surface area contributed by atoms with Gasteiger partial charge in [-0.25, -0.2) is 4.98 Å². The van der Waals surface area contributed by atoms with Crippen LogP contribution in [0.4, 0.5) is 11.6 Å². The number of nitrogens with zero attached hydrogens (tertiary/aromatic N) is 1. The van der Waals surface area contributed by atoms with Crippen LogP contribution in [-0.4, -0.2) is 11.0 Å². The van der Waals surface area contributed by atoms with Gasteiger partial charge in [0, 0.05) is 12.6 Å². The van der Waals surface area contributed by atoms with Gasteiger partial charge in [0.2, 0.25) is 0 Å². The van der Waals surface area contributed by atoms with Crippen molar-refractivity contribution in [2.45, 2.75) is 40.3 Å². The molecule has 1 heterocycles. The zero-order valence-electron chi connectivity index (χ0n) is 10.5. The monoisotopic (exact) mass is 222 g/mol. The number of hydrogen-bond donors (Lipinski definition) is 3. The van der Waals surface area contributed by atoms with Crippen molar-refractivity contribution in [3.63, 3.8) is 0 Å². The summed E-state index contributed by atoms with van der Waals surface area (Å²) in [7, 11) is 0. The number of rotatable bonds is 3. The molecule has 1 rings (SSSR count). The predicted octanol–water partition coefficient (Wildman–Crippen LogP) is 1.77. The number of nitrogens with one attached hydrogen (secondary N) is 1. The Morgan fingerprint density at radius 2 is 1.75 bits per heavy atom.